The Morgan fingerprint density at radius 3 is 1.34 bits per heavy atom. The van der Waals surface area contributed by atoms with Gasteiger partial charge in [-0.25, -0.2) is 0 Å². The molecule has 21 rings (SSSR count). The van der Waals surface area contributed by atoms with Crippen molar-refractivity contribution in [3.8, 4) is 44.5 Å². The Morgan fingerprint density at radius 2 is 0.740 bits per heavy atom. The fourth-order valence-electron chi connectivity index (χ4n) is 16.8. The Labute approximate surface area is 551 Å². The molecule has 20 aromatic rings. The van der Waals surface area contributed by atoms with Crippen molar-refractivity contribution >= 4 is 144 Å². The Morgan fingerprint density at radius 1 is 0.312 bits per heavy atom. The molecular formula is C90H56N4O2. The van der Waals surface area contributed by atoms with Gasteiger partial charge < -0.3 is 27.4 Å². The molecule has 6 heterocycles. The molecule has 0 spiro atoms. The molecule has 6 nitrogen and oxygen atoms in total. The maximum absolute atomic E-state index is 7.05. The van der Waals surface area contributed by atoms with Gasteiger partial charge in [-0.05, 0) is 107 Å². The summed E-state index contributed by atoms with van der Waals surface area (Å²) < 4.78 is 19.3. The first-order valence-electron chi connectivity index (χ1n) is 33.2. The lowest BCUT2D eigenvalue weighted by Crippen LogP contribution is -2.25. The first-order chi connectivity index (χ1) is 47.7. The lowest BCUT2D eigenvalue weighted by Gasteiger charge is -2.35. The summed E-state index contributed by atoms with van der Waals surface area (Å²) in [4.78, 5) is 5.03. The van der Waals surface area contributed by atoms with Crippen molar-refractivity contribution in [3.63, 3.8) is 0 Å². The van der Waals surface area contributed by atoms with Crippen molar-refractivity contribution in [1.82, 2.24) is 8.80 Å². The Hall–Kier alpha value is -12.6. The summed E-state index contributed by atoms with van der Waals surface area (Å²) in [6.07, 6.45) is 5.36. The largest absolute Gasteiger partial charge is 0.458 e. The second-order valence-corrected chi connectivity index (χ2v) is 25.7. The fraction of sp³-hybridized carbons (Fsp3) is 0.0222. The molecule has 96 heavy (non-hydrogen) atoms. The van der Waals surface area contributed by atoms with Gasteiger partial charge in [0, 0.05) is 87.3 Å². The summed E-state index contributed by atoms with van der Waals surface area (Å²) in [5, 5.41) is 12.9. The van der Waals surface area contributed by atoms with E-state index in [0.717, 1.165) is 123 Å². The van der Waals surface area contributed by atoms with Crippen LogP contribution in [0, 0.1) is 0 Å². The van der Waals surface area contributed by atoms with Crippen LogP contribution in [0.2, 0.25) is 0 Å². The lowest BCUT2D eigenvalue weighted by molar-refractivity contribution is 0.489. The highest BCUT2D eigenvalue weighted by Gasteiger charge is 2.36. The molecule has 0 amide bonds. The monoisotopic (exact) mass is 1220 g/mol. The van der Waals surface area contributed by atoms with Crippen LogP contribution >= 0.6 is 0 Å². The van der Waals surface area contributed by atoms with Crippen LogP contribution in [0.25, 0.3) is 160 Å². The van der Waals surface area contributed by atoms with Crippen LogP contribution in [0.3, 0.4) is 0 Å². The Bertz CT molecular complexity index is 6550. The molecule has 0 fully saturated rings. The van der Waals surface area contributed by atoms with Crippen LogP contribution in [0.1, 0.15) is 23.8 Å². The summed E-state index contributed by atoms with van der Waals surface area (Å²) in [5.74, 6) is 0.975. The van der Waals surface area contributed by atoms with Crippen molar-refractivity contribution in [1.29, 1.82) is 0 Å². The van der Waals surface area contributed by atoms with E-state index < -0.39 is 0 Å². The number of benzene rings is 14. The first kappa shape index (κ1) is 52.9. The summed E-state index contributed by atoms with van der Waals surface area (Å²) >= 11 is 0. The second kappa shape index (κ2) is 20.4. The number of nitrogens with zero attached hydrogens (tertiary/aromatic N) is 4. The maximum Gasteiger partial charge on any atom is 0.159 e. The smallest absolute Gasteiger partial charge is 0.159 e. The van der Waals surface area contributed by atoms with Crippen molar-refractivity contribution < 1.29 is 8.83 Å². The molecule has 6 aromatic heterocycles. The normalized spacial score (nSPS) is 13.4. The van der Waals surface area contributed by atoms with E-state index in [1.54, 1.807) is 0 Å². The maximum atomic E-state index is 7.05. The molecule has 0 N–H and O–H groups in total. The highest BCUT2D eigenvalue weighted by Crippen LogP contribution is 2.57. The van der Waals surface area contributed by atoms with E-state index in [1.807, 2.05) is 0 Å². The molecular weight excluding hydrogens is 1170 g/mol. The fourth-order valence-corrected chi connectivity index (χ4v) is 16.8. The number of furan rings is 2. The molecule has 1 aliphatic rings. The van der Waals surface area contributed by atoms with Crippen LogP contribution < -0.4 is 9.80 Å². The molecule has 0 radical (unpaired) electrons. The van der Waals surface area contributed by atoms with Crippen LogP contribution in [-0.2, 0) is 0 Å². The van der Waals surface area contributed by atoms with Crippen molar-refractivity contribution in [2.24, 2.45) is 0 Å². The van der Waals surface area contributed by atoms with Gasteiger partial charge in [-0.15, -0.1) is 0 Å². The van der Waals surface area contributed by atoms with Crippen LogP contribution in [-0.4, -0.2) is 8.80 Å². The van der Waals surface area contributed by atoms with Crippen molar-refractivity contribution in [3.05, 3.63) is 327 Å². The minimum atomic E-state index is -0.158. The average Bonchev–Trinajstić information content (AvgIpc) is 1.49. The predicted molar refractivity (Wildman–Crippen MR) is 401 cm³/mol. The van der Waals surface area contributed by atoms with E-state index in [-0.39, 0.29) is 6.04 Å². The van der Waals surface area contributed by atoms with Crippen LogP contribution in [0.5, 0.6) is 0 Å². The van der Waals surface area contributed by atoms with Gasteiger partial charge in [-0.1, -0.05) is 255 Å². The third-order valence-corrected chi connectivity index (χ3v) is 20.6. The predicted octanol–water partition coefficient (Wildman–Crippen LogP) is 25.1. The highest BCUT2D eigenvalue weighted by atomic mass is 16.3. The Kier molecular flexibility index (Phi) is 11.3. The van der Waals surface area contributed by atoms with Crippen LogP contribution in [0.15, 0.2) is 324 Å². The summed E-state index contributed by atoms with van der Waals surface area (Å²) in [7, 11) is 0. The van der Waals surface area contributed by atoms with Gasteiger partial charge >= 0.3 is 0 Å². The van der Waals surface area contributed by atoms with Gasteiger partial charge in [0.1, 0.15) is 16.9 Å². The van der Waals surface area contributed by atoms with E-state index in [4.69, 9.17) is 8.83 Å². The van der Waals surface area contributed by atoms with Crippen molar-refractivity contribution in [2.75, 3.05) is 9.80 Å². The number of hydrogen-bond donors (Lipinski definition) is 0. The van der Waals surface area contributed by atoms with Crippen molar-refractivity contribution in [2.45, 2.75) is 12.5 Å². The van der Waals surface area contributed by atoms with Gasteiger partial charge in [0.05, 0.1) is 56.2 Å². The van der Waals surface area contributed by atoms with E-state index in [1.165, 1.54) is 76.5 Å². The van der Waals surface area contributed by atoms with Crippen LogP contribution in [0.4, 0.5) is 28.4 Å². The minimum absolute atomic E-state index is 0.158. The summed E-state index contributed by atoms with van der Waals surface area (Å²) in [5.41, 5.74) is 25.4. The Balaban J connectivity index is 0.883. The van der Waals surface area contributed by atoms with Gasteiger partial charge in [-0.3, -0.25) is 0 Å². The van der Waals surface area contributed by atoms with Gasteiger partial charge in [-0.2, -0.15) is 0 Å². The lowest BCUT2D eigenvalue weighted by atomic mass is 9.89. The molecule has 1 atom stereocenters. The number of para-hydroxylation sites is 5. The molecule has 14 aromatic carbocycles. The number of rotatable bonds is 10. The summed E-state index contributed by atoms with van der Waals surface area (Å²) in [6.45, 7) is 0. The molecule has 6 heteroatoms. The first-order valence-corrected chi connectivity index (χ1v) is 33.2. The molecule has 0 bridgehead atoms. The second-order valence-electron chi connectivity index (χ2n) is 25.7. The average molecular weight is 1230 g/mol. The van der Waals surface area contributed by atoms with E-state index in [9.17, 15) is 0 Å². The quantitative estimate of drug-likeness (QED) is 0.137. The zero-order valence-electron chi connectivity index (χ0n) is 52.0. The molecule has 448 valence electrons. The SMILES string of the molecule is C1=Cc2c(oc3ccccc23)C(N(c2cccc(-c3ccccc3)c2)c2cccc3c2c2cccc4c5c(-c6ccccc6)c6c(c(-c7ccccc7)c5n3c24)c2cccc3c4c(N(c5cccc(-c7ccccc7)c5)c5cccc7c5oc5ccccc57)cccc4n6c32)C1. The topological polar surface area (TPSA) is 41.6 Å². The molecule has 1 unspecified atom stereocenters. The molecule has 1 aliphatic carbocycles. The van der Waals surface area contributed by atoms with Gasteiger partial charge in [0.15, 0.2) is 5.58 Å². The summed E-state index contributed by atoms with van der Waals surface area (Å²) in [6, 6.07) is 113. The zero-order valence-corrected chi connectivity index (χ0v) is 52.0. The number of hydrogen-bond acceptors (Lipinski definition) is 4. The minimum Gasteiger partial charge on any atom is -0.458 e. The van der Waals surface area contributed by atoms with Gasteiger partial charge in [0.2, 0.25) is 0 Å². The number of anilines is 5. The van der Waals surface area contributed by atoms with E-state index in [0.29, 0.717) is 0 Å². The third-order valence-electron chi connectivity index (χ3n) is 20.6. The number of aromatic nitrogens is 2. The highest BCUT2D eigenvalue weighted by molar-refractivity contribution is 6.39. The standard InChI is InChI=1S/C90H56N4O2/c1-5-25-55(26-6-1)59-33-17-35-61(53-59)91(75-49-21-39-65-63-37-13-15-51-77(63)95-89(65)75)71-45-23-47-73-81(71)67-41-19-43-69-83-80(58-31-11-4-12-32-58)88-84(79(57-29-9-3-10-30-57)87(83)93(73)85(67)69)70-44-20-42-68-82-72(46-24-48-74(82)94(88)86(68)70)92(62-36-18-34-60(54-62)56-27-7-2-8-28-56)76-50-22-40-66-64-38-14-16-52-78(64)96-90(66)76/h1-49,51-54,76H,50H2. The van der Waals surface area contributed by atoms with E-state index >= 15 is 0 Å². The molecule has 0 saturated carbocycles. The molecule has 0 aliphatic heterocycles. The van der Waals surface area contributed by atoms with E-state index in [2.05, 4.69) is 340 Å². The zero-order chi connectivity index (χ0) is 62.7. The molecule has 0 saturated heterocycles. The number of fused-ring (bicyclic) bond motifs is 18. The third kappa shape index (κ3) is 7.46. The van der Waals surface area contributed by atoms with Gasteiger partial charge in [0.25, 0.3) is 0 Å².